The van der Waals surface area contributed by atoms with Crippen LogP contribution in [-0.4, -0.2) is 47.5 Å². The van der Waals surface area contributed by atoms with Gasteiger partial charge in [-0.2, -0.15) is 8.42 Å². The lowest BCUT2D eigenvalue weighted by Gasteiger charge is -2.16. The second-order valence-corrected chi connectivity index (χ2v) is 6.72. The molecule has 8 heteroatoms. The van der Waals surface area contributed by atoms with Gasteiger partial charge in [-0.3, -0.25) is 4.79 Å². The predicted molar refractivity (Wildman–Crippen MR) is 74.8 cm³/mol. The summed E-state index contributed by atoms with van der Waals surface area (Å²) in [6, 6.07) is 3.76. The van der Waals surface area contributed by atoms with Gasteiger partial charge < -0.3 is 9.88 Å². The molecule has 1 amide bonds. The van der Waals surface area contributed by atoms with Gasteiger partial charge in [0.2, 0.25) is 5.91 Å². The van der Waals surface area contributed by atoms with E-state index in [1.807, 2.05) is 12.1 Å². The van der Waals surface area contributed by atoms with Crippen molar-refractivity contribution >= 4 is 27.2 Å². The molecule has 0 aliphatic carbocycles. The quantitative estimate of drug-likeness (QED) is 0.854. The molecule has 2 aromatic rings. The van der Waals surface area contributed by atoms with E-state index in [1.165, 1.54) is 4.90 Å². The molecular weight excluding hydrogens is 297 g/mol. The lowest BCUT2D eigenvalue weighted by Crippen LogP contribution is -2.29. The Labute approximate surface area is 121 Å². The maximum atomic E-state index is 13.0. The lowest BCUT2D eigenvalue weighted by molar-refractivity contribution is -0.127. The van der Waals surface area contributed by atoms with Crippen molar-refractivity contribution in [3.8, 4) is 0 Å². The van der Waals surface area contributed by atoms with E-state index in [2.05, 4.69) is 9.97 Å². The minimum absolute atomic E-state index is 0.0704. The van der Waals surface area contributed by atoms with Gasteiger partial charge in [0, 0.05) is 37.3 Å². The summed E-state index contributed by atoms with van der Waals surface area (Å²) in [6.45, 7) is 0.300. The van der Waals surface area contributed by atoms with Crippen molar-refractivity contribution in [2.75, 3.05) is 13.1 Å². The SMILES string of the molecule is O=C1CC(S(=O)(=O)F)CN1CCc1ccnc2[nH]ccc12. The molecule has 1 aliphatic rings. The molecule has 21 heavy (non-hydrogen) atoms. The molecule has 3 rings (SSSR count). The van der Waals surface area contributed by atoms with Crippen LogP contribution in [0.4, 0.5) is 3.89 Å². The maximum absolute atomic E-state index is 13.0. The van der Waals surface area contributed by atoms with Gasteiger partial charge in [0.15, 0.2) is 0 Å². The van der Waals surface area contributed by atoms with Crippen LogP contribution in [0.25, 0.3) is 11.0 Å². The van der Waals surface area contributed by atoms with E-state index in [4.69, 9.17) is 0 Å². The zero-order chi connectivity index (χ0) is 15.0. The number of rotatable bonds is 4. The summed E-state index contributed by atoms with van der Waals surface area (Å²) < 4.78 is 34.7. The summed E-state index contributed by atoms with van der Waals surface area (Å²) in [7, 11) is -4.65. The van der Waals surface area contributed by atoms with Crippen LogP contribution in [0.5, 0.6) is 0 Å². The van der Waals surface area contributed by atoms with Crippen LogP contribution in [0.15, 0.2) is 24.5 Å². The number of carbonyl (C=O) groups is 1. The maximum Gasteiger partial charge on any atom is 0.307 e. The fraction of sp³-hybridized carbons (Fsp3) is 0.385. The Morgan fingerprint density at radius 1 is 1.43 bits per heavy atom. The number of carbonyl (C=O) groups excluding carboxylic acids is 1. The van der Waals surface area contributed by atoms with E-state index < -0.39 is 15.5 Å². The number of likely N-dealkylation sites (tertiary alicyclic amines) is 1. The van der Waals surface area contributed by atoms with Crippen molar-refractivity contribution in [2.45, 2.75) is 18.1 Å². The average Bonchev–Trinajstić information content (AvgIpc) is 3.02. The number of halogens is 1. The molecule has 1 fully saturated rings. The van der Waals surface area contributed by atoms with Crippen molar-refractivity contribution in [1.82, 2.24) is 14.9 Å². The van der Waals surface area contributed by atoms with Crippen LogP contribution in [-0.2, 0) is 21.4 Å². The summed E-state index contributed by atoms with van der Waals surface area (Å²) in [5.41, 5.74) is 1.78. The van der Waals surface area contributed by atoms with Gasteiger partial charge in [0.05, 0.1) is 0 Å². The lowest BCUT2D eigenvalue weighted by atomic mass is 10.1. The summed E-state index contributed by atoms with van der Waals surface area (Å²) in [5.74, 6) is -0.319. The number of nitrogens with zero attached hydrogens (tertiary/aromatic N) is 2. The Morgan fingerprint density at radius 3 is 2.95 bits per heavy atom. The van der Waals surface area contributed by atoms with Gasteiger partial charge >= 0.3 is 10.2 Å². The first-order valence-electron chi connectivity index (χ1n) is 6.57. The van der Waals surface area contributed by atoms with Crippen molar-refractivity contribution in [1.29, 1.82) is 0 Å². The van der Waals surface area contributed by atoms with Gasteiger partial charge in [-0.25, -0.2) is 4.98 Å². The minimum Gasteiger partial charge on any atom is -0.346 e. The highest BCUT2D eigenvalue weighted by atomic mass is 32.3. The van der Waals surface area contributed by atoms with Crippen LogP contribution < -0.4 is 0 Å². The predicted octanol–water partition coefficient (Wildman–Crippen LogP) is 1.01. The first-order chi connectivity index (χ1) is 9.95. The Hall–Kier alpha value is -1.96. The first kappa shape index (κ1) is 14.0. The normalized spacial score (nSPS) is 19.6. The number of hydrogen-bond acceptors (Lipinski definition) is 4. The van der Waals surface area contributed by atoms with E-state index in [-0.39, 0.29) is 18.9 Å². The Morgan fingerprint density at radius 2 is 2.24 bits per heavy atom. The molecule has 3 heterocycles. The molecule has 1 atom stereocenters. The number of aromatic amines is 1. The molecular formula is C13H14FN3O3S. The molecule has 112 valence electrons. The van der Waals surface area contributed by atoms with Crippen LogP contribution in [0.1, 0.15) is 12.0 Å². The Kier molecular flexibility index (Phi) is 3.40. The number of hydrogen-bond donors (Lipinski definition) is 1. The third-order valence-corrected chi connectivity index (χ3v) is 4.89. The molecule has 0 bridgehead atoms. The minimum atomic E-state index is -4.65. The highest BCUT2D eigenvalue weighted by Crippen LogP contribution is 2.21. The molecule has 0 radical (unpaired) electrons. The van der Waals surface area contributed by atoms with Crippen LogP contribution >= 0.6 is 0 Å². The van der Waals surface area contributed by atoms with Gasteiger partial charge in [-0.1, -0.05) is 0 Å². The van der Waals surface area contributed by atoms with Crippen LogP contribution in [0.2, 0.25) is 0 Å². The molecule has 6 nitrogen and oxygen atoms in total. The van der Waals surface area contributed by atoms with E-state index in [9.17, 15) is 17.1 Å². The smallest absolute Gasteiger partial charge is 0.307 e. The second kappa shape index (κ2) is 5.10. The van der Waals surface area contributed by atoms with Crippen molar-refractivity contribution in [3.05, 3.63) is 30.1 Å². The monoisotopic (exact) mass is 311 g/mol. The zero-order valence-corrected chi connectivity index (χ0v) is 11.9. The number of nitrogens with one attached hydrogen (secondary N) is 1. The summed E-state index contributed by atoms with van der Waals surface area (Å²) in [5, 5.41) is -0.256. The molecule has 1 saturated heterocycles. The highest BCUT2D eigenvalue weighted by Gasteiger charge is 2.38. The number of pyridine rings is 1. The zero-order valence-electron chi connectivity index (χ0n) is 11.1. The van der Waals surface area contributed by atoms with Crippen LogP contribution in [0, 0.1) is 0 Å². The number of aromatic nitrogens is 2. The fourth-order valence-electron chi connectivity index (χ4n) is 2.63. The molecule has 1 unspecified atom stereocenters. The van der Waals surface area contributed by atoms with E-state index in [0.717, 1.165) is 16.6 Å². The molecule has 1 N–H and O–H groups in total. The van der Waals surface area contributed by atoms with Crippen molar-refractivity contribution < 1.29 is 17.1 Å². The van der Waals surface area contributed by atoms with E-state index in [1.54, 1.807) is 12.4 Å². The Bertz CT molecular complexity index is 787. The van der Waals surface area contributed by atoms with E-state index >= 15 is 0 Å². The number of fused-ring (bicyclic) bond motifs is 1. The van der Waals surface area contributed by atoms with Crippen LogP contribution in [0.3, 0.4) is 0 Å². The molecule has 1 aliphatic heterocycles. The van der Waals surface area contributed by atoms with Gasteiger partial charge in [0.25, 0.3) is 0 Å². The van der Waals surface area contributed by atoms with Gasteiger partial charge in [-0.15, -0.1) is 3.89 Å². The summed E-state index contributed by atoms with van der Waals surface area (Å²) in [6.07, 6.45) is 3.76. The number of amides is 1. The Balaban J connectivity index is 1.71. The second-order valence-electron chi connectivity index (χ2n) is 5.10. The molecule has 2 aromatic heterocycles. The number of H-pyrrole nitrogens is 1. The topological polar surface area (TPSA) is 83.1 Å². The average molecular weight is 311 g/mol. The third-order valence-electron chi connectivity index (χ3n) is 3.78. The largest absolute Gasteiger partial charge is 0.346 e. The molecule has 0 spiro atoms. The third kappa shape index (κ3) is 2.76. The summed E-state index contributed by atoms with van der Waals surface area (Å²) >= 11 is 0. The van der Waals surface area contributed by atoms with Crippen molar-refractivity contribution in [2.24, 2.45) is 0 Å². The summed E-state index contributed by atoms with van der Waals surface area (Å²) in [4.78, 5) is 20.3. The van der Waals surface area contributed by atoms with Gasteiger partial charge in [0.1, 0.15) is 10.9 Å². The molecule has 0 saturated carbocycles. The standard InChI is InChI=1S/C13H14FN3O3S/c14-21(19,20)10-7-12(18)17(8-10)6-3-9-1-4-15-13-11(9)2-5-16-13/h1-2,4-5,10H,3,6-8H2,(H,15,16). The van der Waals surface area contributed by atoms with E-state index in [0.29, 0.717) is 13.0 Å². The fourth-order valence-corrected chi connectivity index (χ4v) is 3.33. The van der Waals surface area contributed by atoms with Gasteiger partial charge in [-0.05, 0) is 24.1 Å². The first-order valence-corrected chi connectivity index (χ1v) is 8.02. The highest BCUT2D eigenvalue weighted by molar-refractivity contribution is 7.87. The molecule has 0 aromatic carbocycles. The van der Waals surface area contributed by atoms with Crippen molar-refractivity contribution in [3.63, 3.8) is 0 Å².